The molecule has 1 aromatic carbocycles. The molecule has 0 fully saturated rings. The molecule has 1 rings (SSSR count). The maximum absolute atomic E-state index is 11.2. The van der Waals surface area contributed by atoms with Crippen LogP contribution in [0.5, 0.6) is 0 Å². The molecular formula is C14H20O2S. The van der Waals surface area contributed by atoms with Gasteiger partial charge in [0.15, 0.2) is 0 Å². The molecule has 0 bridgehead atoms. The van der Waals surface area contributed by atoms with Crippen molar-refractivity contribution in [1.82, 2.24) is 0 Å². The SMILES string of the molecule is CCC(C)CSCC(C(=O)O)c1ccccc1. The molecule has 3 heteroatoms. The van der Waals surface area contributed by atoms with Gasteiger partial charge in [-0.25, -0.2) is 0 Å². The predicted molar refractivity (Wildman–Crippen MR) is 73.6 cm³/mol. The lowest BCUT2D eigenvalue weighted by Crippen LogP contribution is -2.15. The molecule has 0 amide bonds. The molecule has 0 saturated carbocycles. The van der Waals surface area contributed by atoms with Gasteiger partial charge < -0.3 is 5.11 Å². The summed E-state index contributed by atoms with van der Waals surface area (Å²) >= 11 is 1.74. The lowest BCUT2D eigenvalue weighted by atomic mass is 10.0. The van der Waals surface area contributed by atoms with Gasteiger partial charge >= 0.3 is 5.97 Å². The minimum Gasteiger partial charge on any atom is -0.481 e. The number of rotatable bonds is 7. The van der Waals surface area contributed by atoms with Crippen molar-refractivity contribution in [2.45, 2.75) is 26.2 Å². The highest BCUT2D eigenvalue weighted by molar-refractivity contribution is 7.99. The Hall–Kier alpha value is -0.960. The number of carboxylic acids is 1. The number of thioether (sulfide) groups is 1. The van der Waals surface area contributed by atoms with E-state index in [0.29, 0.717) is 11.7 Å². The lowest BCUT2D eigenvalue weighted by molar-refractivity contribution is -0.138. The van der Waals surface area contributed by atoms with E-state index in [4.69, 9.17) is 0 Å². The average Bonchev–Trinajstić information content (AvgIpc) is 2.34. The average molecular weight is 252 g/mol. The van der Waals surface area contributed by atoms with E-state index in [1.54, 1.807) is 11.8 Å². The monoisotopic (exact) mass is 252 g/mol. The summed E-state index contributed by atoms with van der Waals surface area (Å²) < 4.78 is 0. The summed E-state index contributed by atoms with van der Waals surface area (Å²) in [6, 6.07) is 9.48. The van der Waals surface area contributed by atoms with E-state index in [1.807, 2.05) is 30.3 Å². The molecule has 2 atom stereocenters. The van der Waals surface area contributed by atoms with E-state index >= 15 is 0 Å². The Morgan fingerprint density at radius 1 is 1.29 bits per heavy atom. The molecule has 94 valence electrons. The smallest absolute Gasteiger partial charge is 0.311 e. The molecule has 0 radical (unpaired) electrons. The number of carbonyl (C=O) groups is 1. The second-order valence-electron chi connectivity index (χ2n) is 4.35. The summed E-state index contributed by atoms with van der Waals surface area (Å²) in [5, 5.41) is 9.24. The molecule has 0 heterocycles. The third-order valence-corrected chi connectivity index (χ3v) is 4.26. The molecular weight excluding hydrogens is 232 g/mol. The van der Waals surface area contributed by atoms with E-state index in [1.165, 1.54) is 0 Å². The Bertz CT molecular complexity index is 337. The Morgan fingerprint density at radius 3 is 2.47 bits per heavy atom. The zero-order valence-electron chi connectivity index (χ0n) is 10.4. The summed E-state index contributed by atoms with van der Waals surface area (Å²) in [5.74, 6) is 1.24. The van der Waals surface area contributed by atoms with E-state index in [0.717, 1.165) is 17.7 Å². The topological polar surface area (TPSA) is 37.3 Å². The highest BCUT2D eigenvalue weighted by Crippen LogP contribution is 2.23. The van der Waals surface area contributed by atoms with Crippen LogP contribution in [0.2, 0.25) is 0 Å². The Morgan fingerprint density at radius 2 is 1.94 bits per heavy atom. The largest absolute Gasteiger partial charge is 0.481 e. The van der Waals surface area contributed by atoms with Crippen LogP contribution in [0.1, 0.15) is 31.7 Å². The normalized spacial score (nSPS) is 14.2. The zero-order valence-corrected chi connectivity index (χ0v) is 11.2. The third-order valence-electron chi connectivity index (χ3n) is 2.88. The van der Waals surface area contributed by atoms with Crippen molar-refractivity contribution in [3.8, 4) is 0 Å². The minimum absolute atomic E-state index is 0.384. The lowest BCUT2D eigenvalue weighted by Gasteiger charge is -2.14. The van der Waals surface area contributed by atoms with Crippen LogP contribution in [0.4, 0.5) is 0 Å². The zero-order chi connectivity index (χ0) is 12.7. The summed E-state index contributed by atoms with van der Waals surface area (Å²) in [7, 11) is 0. The summed E-state index contributed by atoms with van der Waals surface area (Å²) in [5.41, 5.74) is 0.900. The van der Waals surface area contributed by atoms with Crippen LogP contribution in [0.3, 0.4) is 0 Å². The van der Waals surface area contributed by atoms with Gasteiger partial charge in [-0.2, -0.15) is 11.8 Å². The van der Waals surface area contributed by atoms with Crippen LogP contribution in [-0.4, -0.2) is 22.6 Å². The van der Waals surface area contributed by atoms with Crippen LogP contribution in [-0.2, 0) is 4.79 Å². The van der Waals surface area contributed by atoms with Gasteiger partial charge in [0.1, 0.15) is 0 Å². The van der Waals surface area contributed by atoms with Crippen molar-refractivity contribution in [3.05, 3.63) is 35.9 Å². The number of hydrogen-bond acceptors (Lipinski definition) is 2. The Balaban J connectivity index is 2.54. The first-order valence-electron chi connectivity index (χ1n) is 6.00. The Labute approximate surface area is 107 Å². The van der Waals surface area contributed by atoms with Gasteiger partial charge in [-0.3, -0.25) is 4.79 Å². The van der Waals surface area contributed by atoms with Gasteiger partial charge in [-0.1, -0.05) is 50.6 Å². The highest BCUT2D eigenvalue weighted by Gasteiger charge is 2.19. The first-order valence-corrected chi connectivity index (χ1v) is 7.16. The molecule has 0 aliphatic rings. The molecule has 17 heavy (non-hydrogen) atoms. The van der Waals surface area contributed by atoms with E-state index < -0.39 is 5.97 Å². The minimum atomic E-state index is -0.729. The fraction of sp³-hybridized carbons (Fsp3) is 0.500. The van der Waals surface area contributed by atoms with Gasteiger partial charge in [0.05, 0.1) is 5.92 Å². The van der Waals surface area contributed by atoms with E-state index in [9.17, 15) is 9.90 Å². The molecule has 0 saturated heterocycles. The van der Waals surface area contributed by atoms with Crippen LogP contribution in [0, 0.1) is 5.92 Å². The molecule has 0 aliphatic carbocycles. The maximum atomic E-state index is 11.2. The van der Waals surface area contributed by atoms with Crippen LogP contribution in [0.15, 0.2) is 30.3 Å². The molecule has 1 N–H and O–H groups in total. The fourth-order valence-electron chi connectivity index (χ4n) is 1.50. The first-order chi connectivity index (χ1) is 8.15. The first kappa shape index (κ1) is 14.1. The van der Waals surface area contributed by atoms with Crippen molar-refractivity contribution >= 4 is 17.7 Å². The summed E-state index contributed by atoms with van der Waals surface area (Å²) in [6.07, 6.45) is 1.15. The van der Waals surface area contributed by atoms with Gasteiger partial charge in [-0.15, -0.1) is 0 Å². The highest BCUT2D eigenvalue weighted by atomic mass is 32.2. The van der Waals surface area contributed by atoms with E-state index in [-0.39, 0.29) is 5.92 Å². The van der Waals surface area contributed by atoms with Gasteiger partial charge in [0, 0.05) is 5.75 Å². The second kappa shape index (κ2) is 7.38. The van der Waals surface area contributed by atoms with Gasteiger partial charge in [-0.05, 0) is 17.2 Å². The summed E-state index contributed by atoms with van der Waals surface area (Å²) in [6.45, 7) is 4.36. The quantitative estimate of drug-likeness (QED) is 0.805. The van der Waals surface area contributed by atoms with Crippen molar-refractivity contribution in [1.29, 1.82) is 0 Å². The van der Waals surface area contributed by atoms with Crippen molar-refractivity contribution in [2.75, 3.05) is 11.5 Å². The van der Waals surface area contributed by atoms with Gasteiger partial charge in [0.2, 0.25) is 0 Å². The number of aliphatic carboxylic acids is 1. The third kappa shape index (κ3) is 4.82. The number of carboxylic acid groups (broad SMARTS) is 1. The Kier molecular flexibility index (Phi) is 6.12. The number of benzene rings is 1. The van der Waals surface area contributed by atoms with Crippen molar-refractivity contribution < 1.29 is 9.90 Å². The molecule has 0 aliphatic heterocycles. The van der Waals surface area contributed by atoms with Crippen molar-refractivity contribution in [2.24, 2.45) is 5.92 Å². The molecule has 0 spiro atoms. The van der Waals surface area contributed by atoms with Crippen LogP contribution in [0.25, 0.3) is 0 Å². The fourth-order valence-corrected chi connectivity index (χ4v) is 2.85. The standard InChI is InChI=1S/C14H20O2S/c1-3-11(2)9-17-10-13(14(15)16)12-7-5-4-6-8-12/h4-8,11,13H,3,9-10H2,1-2H3,(H,15,16). The predicted octanol–water partition coefficient (Wildman–Crippen LogP) is 3.63. The van der Waals surface area contributed by atoms with Crippen molar-refractivity contribution in [3.63, 3.8) is 0 Å². The maximum Gasteiger partial charge on any atom is 0.311 e. The van der Waals surface area contributed by atoms with Gasteiger partial charge in [0.25, 0.3) is 0 Å². The van der Waals surface area contributed by atoms with Crippen LogP contribution >= 0.6 is 11.8 Å². The second-order valence-corrected chi connectivity index (χ2v) is 5.43. The molecule has 0 aromatic heterocycles. The van der Waals surface area contributed by atoms with Crippen LogP contribution < -0.4 is 0 Å². The summed E-state index contributed by atoms with van der Waals surface area (Å²) in [4.78, 5) is 11.2. The molecule has 2 nitrogen and oxygen atoms in total. The van der Waals surface area contributed by atoms with E-state index in [2.05, 4.69) is 13.8 Å². The molecule has 2 unspecified atom stereocenters. The molecule has 1 aromatic rings. The number of hydrogen-bond donors (Lipinski definition) is 1.